The summed E-state index contributed by atoms with van der Waals surface area (Å²) in [4.78, 5) is 11.6. The molecular weight excluding hydrogens is 335 g/mol. The minimum absolute atomic E-state index is 0.272. The van der Waals surface area contributed by atoms with Crippen molar-refractivity contribution in [3.63, 3.8) is 0 Å². The van der Waals surface area contributed by atoms with Gasteiger partial charge >= 0.3 is 39.0 Å². The maximum absolute atomic E-state index is 11.6. The molecule has 10 heteroatoms. The average molecular weight is 353 g/mol. The number of pyridine rings is 1. The fourth-order valence-electron chi connectivity index (χ4n) is 1.14. The molecule has 0 radical (unpaired) electrons. The number of rotatable bonds is 2. The van der Waals surface area contributed by atoms with Gasteiger partial charge in [-0.1, -0.05) is 0 Å². The van der Waals surface area contributed by atoms with E-state index in [9.17, 15) is 30.0 Å². The monoisotopic (exact) mass is 353 g/mol. The van der Waals surface area contributed by atoms with E-state index in [0.717, 1.165) is 6.54 Å². The van der Waals surface area contributed by atoms with E-state index in [4.69, 9.17) is 4.74 Å². The second-order valence-electron chi connectivity index (χ2n) is 5.38. The summed E-state index contributed by atoms with van der Waals surface area (Å²) in [5.41, 5.74) is 0.155. The molecule has 0 unspecified atom stereocenters. The van der Waals surface area contributed by atoms with Gasteiger partial charge in [0, 0.05) is 12.1 Å². The van der Waals surface area contributed by atoms with E-state index in [1.165, 1.54) is 0 Å². The van der Waals surface area contributed by atoms with Gasteiger partial charge in [0.05, 0.1) is 5.56 Å². The molecule has 0 N–H and O–H groups in total. The molecule has 3 nitrogen and oxygen atoms in total. The number of carbonyl (C=O) groups excluding carboxylic acids is 1. The predicted molar refractivity (Wildman–Crippen MR) is 71.0 cm³/mol. The minimum atomic E-state index is -10.7. The van der Waals surface area contributed by atoms with Crippen molar-refractivity contribution < 1.29 is 39.3 Å². The number of esters is 1. The molecule has 1 heterocycles. The van der Waals surface area contributed by atoms with E-state index in [1.807, 2.05) is 44.7 Å². The third-order valence-electron chi connectivity index (χ3n) is 1.89. The summed E-state index contributed by atoms with van der Waals surface area (Å²) in [6.45, 7) is 8.53. The molecule has 130 valence electrons. The Balaban J connectivity index is 0.000000534. The number of halogens is 6. The van der Waals surface area contributed by atoms with Crippen molar-refractivity contribution in [3.8, 4) is 0 Å². The molecule has 0 fully saturated rings. The fraction of sp³-hybridized carbons (Fsp3) is 0.500. The van der Waals surface area contributed by atoms with Crippen LogP contribution in [0.3, 0.4) is 0 Å². The summed E-state index contributed by atoms with van der Waals surface area (Å²) < 4.78 is 66.4. The normalized spacial score (nSPS) is 15.0. The molecule has 0 spiro atoms. The zero-order valence-electron chi connectivity index (χ0n) is 12.5. The molecular formula is C12H18F6NO2P. The summed E-state index contributed by atoms with van der Waals surface area (Å²) in [5.74, 6) is -0.272. The SMILES string of the molecule is CC[n+]1ccc(C(=O)OC(C)(C)C)cc1.F[P-](F)(F)(F)(F)F. The Morgan fingerprint density at radius 2 is 1.45 bits per heavy atom. The Hall–Kier alpha value is -1.37. The van der Waals surface area contributed by atoms with E-state index < -0.39 is 13.4 Å². The number of hydrogen-bond donors (Lipinski definition) is 0. The van der Waals surface area contributed by atoms with Gasteiger partial charge in [0.1, 0.15) is 12.1 Å². The van der Waals surface area contributed by atoms with Crippen molar-refractivity contribution >= 4 is 13.8 Å². The van der Waals surface area contributed by atoms with Crippen molar-refractivity contribution in [2.75, 3.05) is 0 Å². The number of nitrogens with zero attached hydrogens (tertiary/aromatic N) is 1. The van der Waals surface area contributed by atoms with E-state index >= 15 is 0 Å². The number of ether oxygens (including phenoxy) is 1. The van der Waals surface area contributed by atoms with E-state index in [2.05, 4.69) is 0 Å². The summed E-state index contributed by atoms with van der Waals surface area (Å²) in [7, 11) is -10.7. The topological polar surface area (TPSA) is 30.2 Å². The molecule has 0 saturated carbocycles. The van der Waals surface area contributed by atoms with Crippen molar-refractivity contribution in [3.05, 3.63) is 30.1 Å². The molecule has 0 atom stereocenters. The summed E-state index contributed by atoms with van der Waals surface area (Å²) in [5, 5.41) is 0. The van der Waals surface area contributed by atoms with Crippen LogP contribution in [-0.4, -0.2) is 11.6 Å². The van der Waals surface area contributed by atoms with Crippen LogP contribution in [0.1, 0.15) is 38.1 Å². The van der Waals surface area contributed by atoms with Gasteiger partial charge in [-0.3, -0.25) is 0 Å². The zero-order valence-corrected chi connectivity index (χ0v) is 13.4. The average Bonchev–Trinajstić information content (AvgIpc) is 2.22. The summed E-state index contributed by atoms with van der Waals surface area (Å²) >= 11 is 0. The fourth-order valence-corrected chi connectivity index (χ4v) is 1.14. The zero-order chi connectivity index (χ0) is 17.9. The van der Waals surface area contributed by atoms with E-state index in [0.29, 0.717) is 5.56 Å². The van der Waals surface area contributed by atoms with Crippen LogP contribution in [0.15, 0.2) is 24.5 Å². The molecule has 22 heavy (non-hydrogen) atoms. The van der Waals surface area contributed by atoms with Crippen LogP contribution in [0.5, 0.6) is 0 Å². The van der Waals surface area contributed by atoms with Crippen LogP contribution in [0.4, 0.5) is 25.2 Å². The number of hydrogen-bond acceptors (Lipinski definition) is 2. The third-order valence-corrected chi connectivity index (χ3v) is 1.89. The Bertz CT molecular complexity index is 507. The Labute approximate surface area is 124 Å². The molecule has 0 aliphatic rings. The first kappa shape index (κ1) is 20.6. The Kier molecular flexibility index (Phi) is 5.33. The first-order chi connectivity index (χ1) is 9.37. The first-order valence-electron chi connectivity index (χ1n) is 6.16. The van der Waals surface area contributed by atoms with Crippen LogP contribution in [0.2, 0.25) is 0 Å². The van der Waals surface area contributed by atoms with Crippen molar-refractivity contribution in [1.29, 1.82) is 0 Å². The first-order valence-corrected chi connectivity index (χ1v) is 8.19. The van der Waals surface area contributed by atoms with Gasteiger partial charge in [-0.25, -0.2) is 9.36 Å². The summed E-state index contributed by atoms with van der Waals surface area (Å²) in [6.07, 6.45) is 3.75. The van der Waals surface area contributed by atoms with E-state index in [1.54, 1.807) is 12.1 Å². The van der Waals surface area contributed by atoms with Gasteiger partial charge in [0.15, 0.2) is 12.4 Å². The van der Waals surface area contributed by atoms with Gasteiger partial charge in [0.25, 0.3) is 0 Å². The summed E-state index contributed by atoms with van der Waals surface area (Å²) in [6, 6.07) is 3.55. The maximum atomic E-state index is 11.6. The molecule has 0 amide bonds. The van der Waals surface area contributed by atoms with E-state index in [-0.39, 0.29) is 5.97 Å². The standard InChI is InChI=1S/C12H18NO2.F6P/c1-5-13-8-6-10(7-9-13)11(14)15-12(2,3)4;1-7(2,3,4,5)6/h6-9H,5H2,1-4H3;/q+1;-1. The second kappa shape index (κ2) is 5.68. The molecule has 1 aromatic rings. The molecule has 0 aliphatic carbocycles. The van der Waals surface area contributed by atoms with Gasteiger partial charge in [0.2, 0.25) is 0 Å². The van der Waals surface area contributed by atoms with Crippen LogP contribution in [-0.2, 0) is 11.3 Å². The Morgan fingerprint density at radius 3 is 1.73 bits per heavy atom. The molecule has 1 aromatic heterocycles. The van der Waals surface area contributed by atoms with Crippen molar-refractivity contribution in [2.24, 2.45) is 0 Å². The van der Waals surface area contributed by atoms with Crippen molar-refractivity contribution in [2.45, 2.75) is 39.8 Å². The second-order valence-corrected chi connectivity index (χ2v) is 7.29. The molecule has 0 saturated heterocycles. The van der Waals surface area contributed by atoms with Crippen LogP contribution < -0.4 is 4.57 Å². The Morgan fingerprint density at radius 1 is 1.09 bits per heavy atom. The molecule has 0 aliphatic heterocycles. The molecule has 0 bridgehead atoms. The van der Waals surface area contributed by atoms with Crippen LogP contribution in [0.25, 0.3) is 0 Å². The van der Waals surface area contributed by atoms with Gasteiger partial charge < -0.3 is 4.74 Å². The number of aryl methyl sites for hydroxylation is 1. The van der Waals surface area contributed by atoms with Crippen LogP contribution in [0, 0.1) is 0 Å². The van der Waals surface area contributed by atoms with Gasteiger partial charge in [-0.2, -0.15) is 0 Å². The number of carbonyl (C=O) groups is 1. The van der Waals surface area contributed by atoms with Gasteiger partial charge in [-0.15, -0.1) is 0 Å². The quantitative estimate of drug-likeness (QED) is 0.311. The molecule has 1 rings (SSSR count). The predicted octanol–water partition coefficient (Wildman–Crippen LogP) is 5.33. The molecule has 0 aromatic carbocycles. The number of aromatic nitrogens is 1. The van der Waals surface area contributed by atoms with Crippen LogP contribution >= 0.6 is 7.81 Å². The van der Waals surface area contributed by atoms with Gasteiger partial charge in [-0.05, 0) is 27.7 Å². The van der Waals surface area contributed by atoms with Crippen molar-refractivity contribution in [1.82, 2.24) is 0 Å². The third kappa shape index (κ3) is 15.0.